The van der Waals surface area contributed by atoms with E-state index in [-0.39, 0.29) is 34.6 Å². The van der Waals surface area contributed by atoms with Gasteiger partial charge in [-0.2, -0.15) is 0 Å². The smallest absolute Gasteiger partial charge is 0.159 e. The van der Waals surface area contributed by atoms with Gasteiger partial charge in [0.25, 0.3) is 0 Å². The number of allylic oxidation sites excluding steroid dienone is 1. The first-order chi connectivity index (χ1) is 15.0. The van der Waals surface area contributed by atoms with E-state index < -0.39 is 5.60 Å². The Hall–Kier alpha value is -0.670. The van der Waals surface area contributed by atoms with Crippen LogP contribution in [0.25, 0.3) is 0 Å². The van der Waals surface area contributed by atoms with Gasteiger partial charge in [-0.25, -0.2) is 0 Å². The van der Waals surface area contributed by atoms with Gasteiger partial charge in [0.15, 0.2) is 5.78 Å². The quantitative estimate of drug-likeness (QED) is 0.504. The maximum atomic E-state index is 13.3. The van der Waals surface area contributed by atoms with Crippen LogP contribution in [0.15, 0.2) is 11.6 Å². The molecule has 0 aromatic heterocycles. The largest absolute Gasteiger partial charge is 0.393 e. The maximum absolute atomic E-state index is 13.3. The van der Waals surface area contributed by atoms with Crippen molar-refractivity contribution in [1.82, 2.24) is 0 Å². The van der Waals surface area contributed by atoms with Gasteiger partial charge in [0.05, 0.1) is 11.7 Å². The highest BCUT2D eigenvalue weighted by atomic mass is 16.3. The lowest BCUT2D eigenvalue weighted by Gasteiger charge is -2.59. The number of aliphatic hydroxyl groups is 2. The standard InChI is InChI=1S/C29H48O3/c1-7-20(18(2)3)9-8-19(4)22-12-15-29(32)24-17-26(31)25-16-21(30)10-13-27(25,5)23(24)11-14-28(22,29)6/h17-23,25,30,32H,7-16H2,1-6H3/t19-,20-,21+,22-,23+,25-,27-,28-,29-/m1/s1. The Morgan fingerprint density at radius 3 is 2.41 bits per heavy atom. The molecule has 0 spiro atoms. The van der Waals surface area contributed by atoms with Crippen LogP contribution in [0.3, 0.4) is 0 Å². The molecule has 3 nitrogen and oxygen atoms in total. The number of carbonyl (C=O) groups excluding carboxylic acids is 1. The fraction of sp³-hybridized carbons (Fsp3) is 0.897. The van der Waals surface area contributed by atoms with E-state index in [9.17, 15) is 15.0 Å². The van der Waals surface area contributed by atoms with Crippen molar-refractivity contribution in [2.45, 2.75) is 117 Å². The van der Waals surface area contributed by atoms with Gasteiger partial charge in [-0.05, 0) is 98.0 Å². The minimum atomic E-state index is -0.837. The first kappa shape index (κ1) is 24.5. The van der Waals surface area contributed by atoms with E-state index in [2.05, 4.69) is 41.5 Å². The summed E-state index contributed by atoms with van der Waals surface area (Å²) in [6.07, 6.45) is 11.6. The van der Waals surface area contributed by atoms with Crippen molar-refractivity contribution in [3.63, 3.8) is 0 Å². The van der Waals surface area contributed by atoms with Crippen molar-refractivity contribution in [3.8, 4) is 0 Å². The summed E-state index contributed by atoms with van der Waals surface area (Å²) < 4.78 is 0. The third-order valence-electron chi connectivity index (χ3n) is 11.3. The summed E-state index contributed by atoms with van der Waals surface area (Å²) >= 11 is 0. The number of ketones is 1. The summed E-state index contributed by atoms with van der Waals surface area (Å²) in [5.41, 5.74) is -0.00939. The molecule has 0 radical (unpaired) electrons. The summed E-state index contributed by atoms with van der Waals surface area (Å²) in [4.78, 5) is 13.3. The van der Waals surface area contributed by atoms with Crippen LogP contribution in [0.1, 0.15) is 106 Å². The molecule has 3 fully saturated rings. The molecule has 9 atom stereocenters. The number of fused-ring (bicyclic) bond motifs is 5. The molecule has 0 heterocycles. The molecule has 4 aliphatic rings. The van der Waals surface area contributed by atoms with Crippen molar-refractivity contribution in [3.05, 3.63) is 11.6 Å². The van der Waals surface area contributed by atoms with Crippen molar-refractivity contribution < 1.29 is 15.0 Å². The fourth-order valence-electron chi connectivity index (χ4n) is 8.96. The molecule has 4 aliphatic carbocycles. The molecular weight excluding hydrogens is 396 g/mol. The second kappa shape index (κ2) is 8.52. The summed E-state index contributed by atoms with van der Waals surface area (Å²) in [6, 6.07) is 0. The highest BCUT2D eigenvalue weighted by molar-refractivity contribution is 5.95. The number of hydrogen-bond acceptors (Lipinski definition) is 3. The monoisotopic (exact) mass is 444 g/mol. The minimum absolute atomic E-state index is 0.0777. The summed E-state index contributed by atoms with van der Waals surface area (Å²) in [5, 5.41) is 22.5. The predicted octanol–water partition coefficient (Wildman–Crippen LogP) is 6.32. The first-order valence-corrected chi connectivity index (χ1v) is 13.6. The molecule has 0 amide bonds. The van der Waals surface area contributed by atoms with Crippen molar-refractivity contribution >= 4 is 5.78 Å². The highest BCUT2D eigenvalue weighted by Gasteiger charge is 2.66. The zero-order chi connectivity index (χ0) is 23.5. The number of rotatable bonds is 6. The molecule has 3 saturated carbocycles. The Bertz CT molecular complexity index is 756. The Morgan fingerprint density at radius 1 is 1.03 bits per heavy atom. The Morgan fingerprint density at radius 2 is 1.75 bits per heavy atom. The topological polar surface area (TPSA) is 57.5 Å². The lowest BCUT2D eigenvalue weighted by atomic mass is 9.46. The second-order valence-corrected chi connectivity index (χ2v) is 13.0. The van der Waals surface area contributed by atoms with E-state index in [1.54, 1.807) is 0 Å². The van der Waals surface area contributed by atoms with Crippen LogP contribution < -0.4 is 0 Å². The molecular formula is C29H48O3. The van der Waals surface area contributed by atoms with E-state index in [1.807, 2.05) is 6.08 Å². The van der Waals surface area contributed by atoms with Gasteiger partial charge in [-0.15, -0.1) is 0 Å². The summed E-state index contributed by atoms with van der Waals surface area (Å²) in [5.74, 6) is 3.02. The van der Waals surface area contributed by atoms with Gasteiger partial charge in [0, 0.05) is 11.3 Å². The normalized spacial score (nSPS) is 45.7. The molecule has 182 valence electrons. The van der Waals surface area contributed by atoms with E-state index in [1.165, 1.54) is 19.3 Å². The second-order valence-electron chi connectivity index (χ2n) is 13.0. The zero-order valence-electron chi connectivity index (χ0n) is 21.5. The molecule has 0 saturated heterocycles. The fourth-order valence-corrected chi connectivity index (χ4v) is 8.96. The summed E-state index contributed by atoms with van der Waals surface area (Å²) in [6.45, 7) is 14.0. The highest BCUT2D eigenvalue weighted by Crippen LogP contribution is 2.68. The predicted molar refractivity (Wildman–Crippen MR) is 130 cm³/mol. The van der Waals surface area contributed by atoms with Crippen LogP contribution in [0.4, 0.5) is 0 Å². The van der Waals surface area contributed by atoms with Crippen LogP contribution in [0.5, 0.6) is 0 Å². The lowest BCUT2D eigenvalue weighted by Crippen LogP contribution is -2.59. The summed E-state index contributed by atoms with van der Waals surface area (Å²) in [7, 11) is 0. The van der Waals surface area contributed by atoms with Gasteiger partial charge in [0.1, 0.15) is 0 Å². The molecule has 0 aromatic carbocycles. The molecule has 2 N–H and O–H groups in total. The van der Waals surface area contributed by atoms with E-state index in [4.69, 9.17) is 0 Å². The van der Waals surface area contributed by atoms with Gasteiger partial charge in [0.2, 0.25) is 0 Å². The van der Waals surface area contributed by atoms with Crippen LogP contribution >= 0.6 is 0 Å². The molecule has 0 aromatic rings. The molecule has 3 heteroatoms. The average molecular weight is 445 g/mol. The van der Waals surface area contributed by atoms with Gasteiger partial charge in [-0.3, -0.25) is 4.79 Å². The van der Waals surface area contributed by atoms with Gasteiger partial charge in [-0.1, -0.05) is 54.4 Å². The molecule has 0 aliphatic heterocycles. The maximum Gasteiger partial charge on any atom is 0.159 e. The Balaban J connectivity index is 1.59. The zero-order valence-corrected chi connectivity index (χ0v) is 21.5. The average Bonchev–Trinajstić information content (AvgIpc) is 3.01. The molecule has 0 bridgehead atoms. The minimum Gasteiger partial charge on any atom is -0.393 e. The number of carbonyl (C=O) groups is 1. The molecule has 4 rings (SSSR count). The van der Waals surface area contributed by atoms with Gasteiger partial charge < -0.3 is 10.2 Å². The lowest BCUT2D eigenvalue weighted by molar-refractivity contribution is -0.141. The van der Waals surface area contributed by atoms with E-state index in [0.29, 0.717) is 18.3 Å². The van der Waals surface area contributed by atoms with E-state index in [0.717, 1.165) is 55.9 Å². The SMILES string of the molecule is CC[C@H](CC[C@@H](C)[C@H]1CC[C@@]2(O)C3=CC(=O)[C@H]4C[C@@H](O)CC[C@]4(C)[C@H]3CC[C@]12C)C(C)C. The van der Waals surface area contributed by atoms with Crippen LogP contribution in [-0.2, 0) is 4.79 Å². The third kappa shape index (κ3) is 3.56. The molecule has 32 heavy (non-hydrogen) atoms. The first-order valence-electron chi connectivity index (χ1n) is 13.6. The Labute approximate surface area is 196 Å². The molecule has 0 unspecified atom stereocenters. The van der Waals surface area contributed by atoms with Crippen molar-refractivity contribution in [2.75, 3.05) is 0 Å². The van der Waals surface area contributed by atoms with Crippen molar-refractivity contribution in [2.24, 2.45) is 46.3 Å². The number of hydrogen-bond donors (Lipinski definition) is 2. The van der Waals surface area contributed by atoms with Gasteiger partial charge >= 0.3 is 0 Å². The number of aliphatic hydroxyl groups excluding tert-OH is 1. The van der Waals surface area contributed by atoms with Crippen LogP contribution in [0, 0.1) is 46.3 Å². The Kier molecular flexibility index (Phi) is 6.51. The van der Waals surface area contributed by atoms with Crippen LogP contribution in [0.2, 0.25) is 0 Å². The van der Waals surface area contributed by atoms with E-state index >= 15 is 0 Å². The van der Waals surface area contributed by atoms with Crippen molar-refractivity contribution in [1.29, 1.82) is 0 Å². The van der Waals surface area contributed by atoms with Crippen LogP contribution in [-0.4, -0.2) is 27.7 Å². The third-order valence-corrected chi connectivity index (χ3v) is 11.3.